The molecule has 4 heterocycles. The first-order valence-corrected chi connectivity index (χ1v) is 18.4. The van der Waals surface area contributed by atoms with Gasteiger partial charge in [0.2, 0.25) is 5.91 Å². The molecule has 44 heavy (non-hydrogen) atoms. The molecule has 4 rings (SSSR count). The summed E-state index contributed by atoms with van der Waals surface area (Å²) in [5.41, 5.74) is 1.13. The average molecular weight is 617 g/mol. The van der Waals surface area contributed by atoms with Crippen molar-refractivity contribution in [3.8, 4) is 0 Å². The third-order valence-electron chi connectivity index (χ3n) is 11.5. The number of rotatable bonds is 9. The van der Waals surface area contributed by atoms with E-state index in [2.05, 4.69) is 98.6 Å². The van der Waals surface area contributed by atoms with E-state index < -0.39 is 0 Å². The molecule has 7 heteroatoms. The minimum Gasteiger partial charge on any atom is -0.340 e. The Labute approximate surface area is 273 Å². The number of piperidine rings is 2. The van der Waals surface area contributed by atoms with Gasteiger partial charge in [0.15, 0.2) is 0 Å². The van der Waals surface area contributed by atoms with Gasteiger partial charge in [0.05, 0.1) is 0 Å². The monoisotopic (exact) mass is 617 g/mol. The van der Waals surface area contributed by atoms with Crippen LogP contribution in [0.1, 0.15) is 108 Å². The third-order valence-corrected chi connectivity index (χ3v) is 11.5. The predicted octanol–water partition coefficient (Wildman–Crippen LogP) is 5.35. The summed E-state index contributed by atoms with van der Waals surface area (Å²) in [4.78, 5) is 28.9. The van der Waals surface area contributed by atoms with E-state index in [-0.39, 0.29) is 17.0 Å². The molecule has 0 aromatic carbocycles. The number of carbonyl (C=O) groups is 1. The summed E-state index contributed by atoms with van der Waals surface area (Å²) in [5.74, 6) is 0.648. The fraction of sp³-hybridized carbons (Fsp3) is 0.973. The molecule has 0 aliphatic carbocycles. The van der Waals surface area contributed by atoms with Gasteiger partial charge in [-0.3, -0.25) is 19.5 Å². The van der Waals surface area contributed by atoms with Crippen molar-refractivity contribution in [2.24, 2.45) is 16.7 Å². The molecular weight excluding hydrogens is 544 g/mol. The SMILES string of the molecule is CC(C)(C)CN1CCC(N2CCN(C(C)(C)CCC(C)(C)CN3CCC(C(=O)N4CCN(C(C)(C)C)CC4)CC3)CC2)CC1. The number of nitrogens with zero attached hydrogens (tertiary/aromatic N) is 6. The summed E-state index contributed by atoms with van der Waals surface area (Å²) in [6.07, 6.45) is 7.24. The second kappa shape index (κ2) is 14.6. The minimum atomic E-state index is 0.196. The van der Waals surface area contributed by atoms with Gasteiger partial charge in [-0.1, -0.05) is 34.6 Å². The Hall–Kier alpha value is -0.730. The van der Waals surface area contributed by atoms with E-state index in [1.807, 2.05) is 0 Å². The smallest absolute Gasteiger partial charge is 0.225 e. The van der Waals surface area contributed by atoms with Crippen LogP contribution in [0.15, 0.2) is 0 Å². The first-order valence-electron chi connectivity index (χ1n) is 18.4. The van der Waals surface area contributed by atoms with Gasteiger partial charge < -0.3 is 14.7 Å². The van der Waals surface area contributed by atoms with Crippen LogP contribution in [-0.4, -0.2) is 144 Å². The molecular formula is C37H72N6O. The van der Waals surface area contributed by atoms with Gasteiger partial charge in [-0.25, -0.2) is 0 Å². The molecule has 0 spiro atoms. The number of likely N-dealkylation sites (tertiary alicyclic amines) is 2. The molecule has 7 nitrogen and oxygen atoms in total. The van der Waals surface area contributed by atoms with Gasteiger partial charge in [0.25, 0.3) is 0 Å². The van der Waals surface area contributed by atoms with E-state index in [1.54, 1.807) is 0 Å². The first kappa shape index (κ1) is 36.1. The second-order valence-electron chi connectivity index (χ2n) is 18.6. The highest BCUT2D eigenvalue weighted by Gasteiger charge is 2.37. The van der Waals surface area contributed by atoms with Crippen LogP contribution in [0, 0.1) is 16.7 Å². The van der Waals surface area contributed by atoms with E-state index in [1.165, 1.54) is 71.5 Å². The first-order chi connectivity index (χ1) is 20.4. The van der Waals surface area contributed by atoms with Crippen molar-refractivity contribution in [1.29, 1.82) is 0 Å². The lowest BCUT2D eigenvalue weighted by Gasteiger charge is -2.48. The zero-order valence-corrected chi connectivity index (χ0v) is 30.9. The number of piperazine rings is 2. The summed E-state index contributed by atoms with van der Waals surface area (Å²) in [6, 6.07) is 0.786. The average Bonchev–Trinajstić information content (AvgIpc) is 2.95. The van der Waals surface area contributed by atoms with Crippen molar-refractivity contribution in [3.05, 3.63) is 0 Å². The molecule has 0 aromatic rings. The molecule has 0 unspecified atom stereocenters. The van der Waals surface area contributed by atoms with Crippen LogP contribution in [0.5, 0.6) is 0 Å². The normalized spacial score (nSPS) is 24.7. The van der Waals surface area contributed by atoms with Crippen LogP contribution in [0.25, 0.3) is 0 Å². The van der Waals surface area contributed by atoms with Crippen molar-refractivity contribution >= 4 is 5.91 Å². The number of carbonyl (C=O) groups excluding carboxylic acids is 1. The summed E-state index contributed by atoms with van der Waals surface area (Å²) < 4.78 is 0. The van der Waals surface area contributed by atoms with Crippen molar-refractivity contribution < 1.29 is 4.79 Å². The second-order valence-corrected chi connectivity index (χ2v) is 18.6. The third kappa shape index (κ3) is 10.4. The van der Waals surface area contributed by atoms with E-state index in [9.17, 15) is 4.79 Å². The Balaban J connectivity index is 1.14. The number of hydrogen-bond acceptors (Lipinski definition) is 6. The maximum atomic E-state index is 13.3. The van der Waals surface area contributed by atoms with Crippen LogP contribution in [-0.2, 0) is 4.79 Å². The molecule has 0 N–H and O–H groups in total. The standard InChI is InChI=1S/C37H72N6O/c1-34(2,3)29-38-19-13-32(14-20-38)40-21-27-43(28-22-40)37(9,10)16-15-36(7,8)30-39-17-11-31(12-18-39)33(44)41-23-25-42(26-24-41)35(4,5)6/h31-32H,11-30H2,1-10H3. The van der Waals surface area contributed by atoms with Gasteiger partial charge in [0, 0.05) is 88.5 Å². The highest BCUT2D eigenvalue weighted by molar-refractivity contribution is 5.79. The van der Waals surface area contributed by atoms with Gasteiger partial charge in [-0.05, 0) is 110 Å². The zero-order valence-electron chi connectivity index (χ0n) is 30.9. The highest BCUT2D eigenvalue weighted by Crippen LogP contribution is 2.33. The minimum absolute atomic E-state index is 0.196. The Kier molecular flexibility index (Phi) is 12.0. The lowest BCUT2D eigenvalue weighted by molar-refractivity contribution is -0.139. The Morgan fingerprint density at radius 1 is 0.568 bits per heavy atom. The van der Waals surface area contributed by atoms with E-state index in [0.717, 1.165) is 64.7 Å². The van der Waals surface area contributed by atoms with Crippen LogP contribution < -0.4 is 0 Å². The van der Waals surface area contributed by atoms with Gasteiger partial charge in [-0.2, -0.15) is 0 Å². The van der Waals surface area contributed by atoms with Crippen LogP contribution >= 0.6 is 0 Å². The van der Waals surface area contributed by atoms with Gasteiger partial charge in [-0.15, -0.1) is 0 Å². The van der Waals surface area contributed by atoms with Crippen molar-refractivity contribution in [2.75, 3.05) is 91.6 Å². The molecule has 4 aliphatic heterocycles. The van der Waals surface area contributed by atoms with Crippen molar-refractivity contribution in [3.63, 3.8) is 0 Å². The molecule has 1 amide bonds. The summed E-state index contributed by atoms with van der Waals surface area (Å²) >= 11 is 0. The summed E-state index contributed by atoms with van der Waals surface area (Å²) in [7, 11) is 0. The van der Waals surface area contributed by atoms with Crippen LogP contribution in [0.4, 0.5) is 0 Å². The van der Waals surface area contributed by atoms with Crippen molar-refractivity contribution in [2.45, 2.75) is 125 Å². The molecule has 4 aliphatic rings. The van der Waals surface area contributed by atoms with Crippen molar-refractivity contribution in [1.82, 2.24) is 29.4 Å². The van der Waals surface area contributed by atoms with E-state index in [0.29, 0.717) is 16.7 Å². The Bertz CT molecular complexity index is 888. The lowest BCUT2D eigenvalue weighted by atomic mass is 9.81. The van der Waals surface area contributed by atoms with E-state index in [4.69, 9.17) is 0 Å². The summed E-state index contributed by atoms with van der Waals surface area (Å²) in [5, 5.41) is 0. The lowest BCUT2D eigenvalue weighted by Crippen LogP contribution is -2.58. The molecule has 4 fully saturated rings. The van der Waals surface area contributed by atoms with E-state index >= 15 is 0 Å². The van der Waals surface area contributed by atoms with Gasteiger partial charge in [0.1, 0.15) is 0 Å². The highest BCUT2D eigenvalue weighted by atomic mass is 16.2. The topological polar surface area (TPSA) is 36.5 Å². The molecule has 4 saturated heterocycles. The zero-order chi connectivity index (χ0) is 32.3. The van der Waals surface area contributed by atoms with Crippen LogP contribution in [0.2, 0.25) is 0 Å². The molecule has 0 radical (unpaired) electrons. The molecule has 0 aromatic heterocycles. The molecule has 0 saturated carbocycles. The number of amides is 1. The molecule has 0 atom stereocenters. The van der Waals surface area contributed by atoms with Gasteiger partial charge >= 0.3 is 0 Å². The fourth-order valence-corrected chi connectivity index (χ4v) is 8.49. The maximum absolute atomic E-state index is 13.3. The number of hydrogen-bond donors (Lipinski definition) is 0. The van der Waals surface area contributed by atoms with Crippen LogP contribution in [0.3, 0.4) is 0 Å². The molecule has 256 valence electrons. The Morgan fingerprint density at radius 3 is 1.59 bits per heavy atom. The fourth-order valence-electron chi connectivity index (χ4n) is 8.49. The summed E-state index contributed by atoms with van der Waals surface area (Å²) in [6.45, 7) is 39.6. The largest absolute Gasteiger partial charge is 0.340 e. The maximum Gasteiger partial charge on any atom is 0.225 e. The quantitative estimate of drug-likeness (QED) is 0.348. The Morgan fingerprint density at radius 2 is 1.07 bits per heavy atom. The molecule has 0 bridgehead atoms. The predicted molar refractivity (Wildman–Crippen MR) is 186 cm³/mol.